The third-order valence-electron chi connectivity index (χ3n) is 4.08. The normalized spacial score (nSPS) is 10.7. The number of hydrogen-bond acceptors (Lipinski definition) is 7. The lowest BCUT2D eigenvalue weighted by molar-refractivity contribution is -0.111. The largest absolute Gasteiger partial charge is 0.336 e. The third-order valence-corrected chi connectivity index (χ3v) is 4.36. The van der Waals surface area contributed by atoms with Gasteiger partial charge in [0.25, 0.3) is 0 Å². The number of amides is 1. The Balaban J connectivity index is 1.75. The maximum absolute atomic E-state index is 14.3. The van der Waals surface area contributed by atoms with E-state index < -0.39 is 11.7 Å². The van der Waals surface area contributed by atoms with Gasteiger partial charge in [0.2, 0.25) is 11.9 Å². The summed E-state index contributed by atoms with van der Waals surface area (Å²) in [5, 5.41) is 12.9. The molecule has 31 heavy (non-hydrogen) atoms. The van der Waals surface area contributed by atoms with Crippen LogP contribution in [0.4, 0.5) is 33.2 Å². The molecule has 0 fully saturated rings. The maximum Gasteiger partial charge on any atom is 0.247 e. The van der Waals surface area contributed by atoms with Crippen LogP contribution in [-0.4, -0.2) is 51.2 Å². The summed E-state index contributed by atoms with van der Waals surface area (Å²) in [4.78, 5) is 22.0. The number of carbonyl (C=O) groups is 1. The highest BCUT2D eigenvalue weighted by Gasteiger charge is 2.11. The Morgan fingerprint density at radius 3 is 2.84 bits per heavy atom. The highest BCUT2D eigenvalue weighted by molar-refractivity contribution is 6.32. The summed E-state index contributed by atoms with van der Waals surface area (Å²) in [6, 6.07) is 4.08. The van der Waals surface area contributed by atoms with Crippen LogP contribution < -0.4 is 16.0 Å². The van der Waals surface area contributed by atoms with Crippen molar-refractivity contribution in [3.63, 3.8) is 0 Å². The first kappa shape index (κ1) is 22.2. The molecule has 0 unspecified atom stereocenters. The Morgan fingerprint density at radius 1 is 1.29 bits per heavy atom. The zero-order valence-corrected chi connectivity index (χ0v) is 17.8. The van der Waals surface area contributed by atoms with Crippen molar-refractivity contribution in [3.05, 3.63) is 60.3 Å². The average molecular weight is 445 g/mol. The number of nitrogens with one attached hydrogen (secondary N) is 3. The van der Waals surface area contributed by atoms with E-state index in [0.717, 1.165) is 19.2 Å². The van der Waals surface area contributed by atoms with Gasteiger partial charge in [0.1, 0.15) is 10.8 Å². The molecule has 0 bridgehead atoms. The number of nitrogens with zero attached hydrogens (tertiary/aromatic N) is 5. The van der Waals surface area contributed by atoms with Gasteiger partial charge < -0.3 is 20.9 Å². The second-order valence-corrected chi connectivity index (χ2v) is 7.23. The molecular formula is C20H22ClFN8O. The zero-order chi connectivity index (χ0) is 22.4. The summed E-state index contributed by atoms with van der Waals surface area (Å²) in [6.45, 7) is 4.98. The summed E-state index contributed by atoms with van der Waals surface area (Å²) in [7, 11) is 3.98. The molecule has 3 rings (SSSR count). The number of benzene rings is 1. The molecule has 0 saturated carbocycles. The van der Waals surface area contributed by atoms with Crippen molar-refractivity contribution in [1.82, 2.24) is 24.6 Å². The van der Waals surface area contributed by atoms with Gasteiger partial charge in [-0.25, -0.2) is 9.37 Å². The van der Waals surface area contributed by atoms with Crippen molar-refractivity contribution in [2.45, 2.75) is 6.54 Å². The van der Waals surface area contributed by atoms with Crippen LogP contribution in [0.15, 0.2) is 49.4 Å². The Kier molecular flexibility index (Phi) is 7.16. The minimum Gasteiger partial charge on any atom is -0.336 e. The van der Waals surface area contributed by atoms with E-state index in [-0.39, 0.29) is 22.5 Å². The van der Waals surface area contributed by atoms with E-state index in [4.69, 9.17) is 11.6 Å². The van der Waals surface area contributed by atoms with Gasteiger partial charge in [-0.2, -0.15) is 10.1 Å². The molecule has 0 aliphatic rings. The van der Waals surface area contributed by atoms with E-state index >= 15 is 0 Å². The van der Waals surface area contributed by atoms with Crippen molar-refractivity contribution in [2.75, 3.05) is 36.6 Å². The third kappa shape index (κ3) is 6.24. The topological polar surface area (TPSA) is 100 Å². The van der Waals surface area contributed by atoms with E-state index in [9.17, 15) is 9.18 Å². The SMILES string of the molecule is C=CC(=O)Nc1ccc(F)c(Nc2nc(Nc3cnn(CCN(C)C)c3)ncc2Cl)c1. The van der Waals surface area contributed by atoms with E-state index in [1.54, 1.807) is 10.9 Å². The van der Waals surface area contributed by atoms with Gasteiger partial charge in [0.15, 0.2) is 5.82 Å². The first-order valence-corrected chi connectivity index (χ1v) is 9.68. The maximum atomic E-state index is 14.3. The quantitative estimate of drug-likeness (QED) is 0.433. The Labute approximate surface area is 183 Å². The van der Waals surface area contributed by atoms with E-state index in [1.807, 2.05) is 20.3 Å². The highest BCUT2D eigenvalue weighted by Crippen LogP contribution is 2.28. The average Bonchev–Trinajstić information content (AvgIpc) is 3.18. The summed E-state index contributed by atoms with van der Waals surface area (Å²) in [5.41, 5.74) is 1.18. The molecule has 0 atom stereocenters. The predicted octanol–water partition coefficient (Wildman–Crippen LogP) is 3.64. The minimum atomic E-state index is -0.539. The summed E-state index contributed by atoms with van der Waals surface area (Å²) >= 11 is 6.18. The van der Waals surface area contributed by atoms with Crippen molar-refractivity contribution >= 4 is 46.3 Å². The van der Waals surface area contributed by atoms with E-state index in [1.165, 1.54) is 24.4 Å². The van der Waals surface area contributed by atoms with Gasteiger partial charge in [-0.15, -0.1) is 0 Å². The first-order chi connectivity index (χ1) is 14.8. The van der Waals surface area contributed by atoms with Crippen LogP contribution in [0.3, 0.4) is 0 Å². The van der Waals surface area contributed by atoms with Crippen LogP contribution in [-0.2, 0) is 11.3 Å². The monoisotopic (exact) mass is 444 g/mol. The molecule has 3 N–H and O–H groups in total. The Bertz CT molecular complexity index is 1080. The molecule has 0 aliphatic carbocycles. The first-order valence-electron chi connectivity index (χ1n) is 9.31. The predicted molar refractivity (Wildman–Crippen MR) is 120 cm³/mol. The lowest BCUT2D eigenvalue weighted by Crippen LogP contribution is -2.18. The van der Waals surface area contributed by atoms with Crippen LogP contribution >= 0.6 is 11.6 Å². The summed E-state index contributed by atoms with van der Waals surface area (Å²) in [6.07, 6.45) is 6.02. The van der Waals surface area contributed by atoms with Crippen LogP contribution in [0.1, 0.15) is 0 Å². The molecule has 9 nitrogen and oxygen atoms in total. The molecule has 0 radical (unpaired) electrons. The minimum absolute atomic E-state index is 0.0879. The van der Waals surface area contributed by atoms with Gasteiger partial charge in [0.05, 0.1) is 30.3 Å². The molecule has 11 heteroatoms. The number of hydrogen-bond donors (Lipinski definition) is 3. The van der Waals surface area contributed by atoms with Crippen molar-refractivity contribution < 1.29 is 9.18 Å². The summed E-state index contributed by atoms with van der Waals surface area (Å²) < 4.78 is 16.1. The summed E-state index contributed by atoms with van der Waals surface area (Å²) in [5.74, 6) is -0.487. The number of rotatable bonds is 9. The van der Waals surface area contributed by atoms with Crippen LogP contribution in [0, 0.1) is 5.82 Å². The lowest BCUT2D eigenvalue weighted by atomic mass is 10.2. The highest BCUT2D eigenvalue weighted by atomic mass is 35.5. The van der Waals surface area contributed by atoms with E-state index in [0.29, 0.717) is 11.4 Å². The Morgan fingerprint density at radius 2 is 2.10 bits per heavy atom. The fourth-order valence-electron chi connectivity index (χ4n) is 2.52. The zero-order valence-electron chi connectivity index (χ0n) is 17.1. The fraction of sp³-hybridized carbons (Fsp3) is 0.200. The molecule has 1 aromatic carbocycles. The molecule has 0 aliphatic heterocycles. The number of likely N-dealkylation sites (N-methyl/N-ethyl adjacent to an activating group) is 1. The van der Waals surface area contributed by atoms with Gasteiger partial charge in [-0.1, -0.05) is 18.2 Å². The molecular weight excluding hydrogens is 423 g/mol. The van der Waals surface area contributed by atoms with Crippen molar-refractivity contribution in [1.29, 1.82) is 0 Å². The molecule has 0 saturated heterocycles. The standard InChI is InChI=1S/C20H22ClFN8O/c1-4-18(31)25-13-5-6-16(22)17(9-13)27-19-15(21)11-23-20(28-19)26-14-10-24-30(12-14)8-7-29(2)3/h4-6,9-12H,1,7-8H2,2-3H3,(H,25,31)(H2,23,26,27,28). The lowest BCUT2D eigenvalue weighted by Gasteiger charge is -2.12. The van der Waals surface area contributed by atoms with Gasteiger partial charge in [-0.05, 0) is 38.4 Å². The molecule has 3 aromatic rings. The van der Waals surface area contributed by atoms with Crippen LogP contribution in [0.25, 0.3) is 0 Å². The Hall–Kier alpha value is -3.50. The second kappa shape index (κ2) is 10.0. The number of halogens is 2. The number of carbonyl (C=O) groups excluding carboxylic acids is 1. The van der Waals surface area contributed by atoms with E-state index in [2.05, 4.69) is 42.5 Å². The van der Waals surface area contributed by atoms with Gasteiger partial charge >= 0.3 is 0 Å². The number of anilines is 5. The van der Waals surface area contributed by atoms with Crippen molar-refractivity contribution in [3.8, 4) is 0 Å². The van der Waals surface area contributed by atoms with Crippen LogP contribution in [0.5, 0.6) is 0 Å². The molecule has 0 spiro atoms. The molecule has 1 amide bonds. The van der Waals surface area contributed by atoms with Crippen molar-refractivity contribution in [2.24, 2.45) is 0 Å². The van der Waals surface area contributed by atoms with Gasteiger partial charge in [-0.3, -0.25) is 9.48 Å². The molecule has 2 aromatic heterocycles. The van der Waals surface area contributed by atoms with Gasteiger partial charge in [0, 0.05) is 18.4 Å². The second-order valence-electron chi connectivity index (χ2n) is 6.82. The molecule has 2 heterocycles. The molecule has 162 valence electrons. The fourth-order valence-corrected chi connectivity index (χ4v) is 2.65. The van der Waals surface area contributed by atoms with Crippen LogP contribution in [0.2, 0.25) is 5.02 Å². The number of aromatic nitrogens is 4. The smallest absolute Gasteiger partial charge is 0.247 e.